The number of methoxy groups -OCH3 is 1. The third kappa shape index (κ3) is 4.20. The smallest absolute Gasteiger partial charge is 0.255 e. The van der Waals surface area contributed by atoms with E-state index in [0.717, 1.165) is 6.42 Å². The van der Waals surface area contributed by atoms with E-state index in [1.807, 2.05) is 0 Å². The Labute approximate surface area is 161 Å². The Morgan fingerprint density at radius 1 is 1.23 bits per heavy atom. The highest BCUT2D eigenvalue weighted by atomic mass is 35.5. The molecule has 2 aromatic rings. The molecule has 1 heterocycles. The minimum absolute atomic E-state index is 0.110. The number of halogens is 2. The summed E-state index contributed by atoms with van der Waals surface area (Å²) in [6.45, 7) is 0. The average molecular weight is 397 g/mol. The molecule has 3 rings (SSSR count). The molecule has 0 aliphatic heterocycles. The number of aliphatic hydroxyl groups excluding tert-OH is 1. The molecule has 2 atom stereocenters. The molecule has 1 aromatic carbocycles. The fourth-order valence-corrected chi connectivity index (χ4v) is 3.29. The van der Waals surface area contributed by atoms with E-state index >= 15 is 0 Å². The molecule has 1 aliphatic carbocycles. The molecule has 0 bridgehead atoms. The number of benzene rings is 1. The van der Waals surface area contributed by atoms with Gasteiger partial charge in [-0.05, 0) is 31.0 Å². The second kappa shape index (κ2) is 8.12. The third-order valence-electron chi connectivity index (χ3n) is 4.17. The number of rotatable bonds is 5. The van der Waals surface area contributed by atoms with Crippen LogP contribution < -0.4 is 14.8 Å². The van der Waals surface area contributed by atoms with Gasteiger partial charge in [0.2, 0.25) is 0 Å². The summed E-state index contributed by atoms with van der Waals surface area (Å²) in [5.74, 6) is 0.577. The lowest BCUT2D eigenvalue weighted by atomic mass is 10.1. The Morgan fingerprint density at radius 2 is 1.96 bits per heavy atom. The van der Waals surface area contributed by atoms with Crippen LogP contribution in [0.15, 0.2) is 30.6 Å². The summed E-state index contributed by atoms with van der Waals surface area (Å²) in [6, 6.07) is 4.88. The van der Waals surface area contributed by atoms with Crippen LogP contribution in [0.1, 0.15) is 29.6 Å². The van der Waals surface area contributed by atoms with Crippen molar-refractivity contribution in [1.82, 2.24) is 4.98 Å². The third-order valence-corrected chi connectivity index (χ3v) is 4.74. The zero-order valence-corrected chi connectivity index (χ0v) is 15.5. The van der Waals surface area contributed by atoms with Crippen molar-refractivity contribution >= 4 is 34.8 Å². The number of amides is 1. The molecule has 8 heteroatoms. The van der Waals surface area contributed by atoms with Crippen LogP contribution in [-0.4, -0.2) is 35.3 Å². The lowest BCUT2D eigenvalue weighted by molar-refractivity contribution is 0.102. The van der Waals surface area contributed by atoms with Gasteiger partial charge in [-0.1, -0.05) is 23.2 Å². The molecule has 138 valence electrons. The fourth-order valence-electron chi connectivity index (χ4n) is 2.83. The van der Waals surface area contributed by atoms with Gasteiger partial charge in [-0.15, -0.1) is 0 Å². The number of carbonyl (C=O) groups is 1. The molecule has 6 nitrogen and oxygen atoms in total. The summed E-state index contributed by atoms with van der Waals surface area (Å²) in [7, 11) is 1.53. The Bertz CT molecular complexity index is 796. The normalized spacial score (nSPS) is 19.2. The first-order valence-corrected chi connectivity index (χ1v) is 8.86. The van der Waals surface area contributed by atoms with Gasteiger partial charge in [0.15, 0.2) is 11.5 Å². The molecule has 1 aromatic heterocycles. The van der Waals surface area contributed by atoms with Crippen LogP contribution in [0, 0.1) is 0 Å². The van der Waals surface area contributed by atoms with Crippen molar-refractivity contribution in [2.45, 2.75) is 31.5 Å². The van der Waals surface area contributed by atoms with E-state index < -0.39 is 0 Å². The zero-order valence-electron chi connectivity index (χ0n) is 14.0. The standard InChI is InChI=1S/C18H18Cl2N2O4/c1-25-15-5-2-10(6-16(15)26-12-4-3-11(23)7-12)18(24)22-17-13(19)8-21-9-14(17)20/h2,5-6,8-9,11-12,23H,3-4,7H2,1H3,(H,21,22,24). The van der Waals surface area contributed by atoms with Crippen LogP contribution in [0.2, 0.25) is 10.0 Å². The average Bonchev–Trinajstić information content (AvgIpc) is 3.03. The molecule has 2 unspecified atom stereocenters. The van der Waals surface area contributed by atoms with Crippen molar-refractivity contribution in [3.63, 3.8) is 0 Å². The minimum atomic E-state index is -0.390. The van der Waals surface area contributed by atoms with Gasteiger partial charge in [-0.2, -0.15) is 0 Å². The second-order valence-corrected chi connectivity index (χ2v) is 6.82. The molecule has 0 radical (unpaired) electrons. The number of aliphatic hydroxyl groups is 1. The lowest BCUT2D eigenvalue weighted by Gasteiger charge is -2.17. The van der Waals surface area contributed by atoms with E-state index in [1.165, 1.54) is 19.5 Å². The Balaban J connectivity index is 1.81. The van der Waals surface area contributed by atoms with Crippen LogP contribution in [0.5, 0.6) is 11.5 Å². The molecular formula is C18H18Cl2N2O4. The predicted molar refractivity (Wildman–Crippen MR) is 99.5 cm³/mol. The first-order valence-electron chi connectivity index (χ1n) is 8.11. The number of carbonyl (C=O) groups excluding carboxylic acids is 1. The molecular weight excluding hydrogens is 379 g/mol. The summed E-state index contributed by atoms with van der Waals surface area (Å²) in [4.78, 5) is 16.4. The number of hydrogen-bond acceptors (Lipinski definition) is 5. The van der Waals surface area contributed by atoms with E-state index in [4.69, 9.17) is 32.7 Å². The quantitative estimate of drug-likeness (QED) is 0.799. The largest absolute Gasteiger partial charge is 0.493 e. The lowest BCUT2D eigenvalue weighted by Crippen LogP contribution is -2.16. The Hall–Kier alpha value is -2.02. The number of anilines is 1. The molecule has 1 amide bonds. The summed E-state index contributed by atoms with van der Waals surface area (Å²) in [5, 5.41) is 12.8. The molecule has 26 heavy (non-hydrogen) atoms. The predicted octanol–water partition coefficient (Wildman–Crippen LogP) is 3.94. The van der Waals surface area contributed by atoms with Crippen molar-refractivity contribution in [1.29, 1.82) is 0 Å². The van der Waals surface area contributed by atoms with Gasteiger partial charge in [0.05, 0.1) is 28.9 Å². The summed E-state index contributed by atoms with van der Waals surface area (Å²) in [6.07, 6.45) is 4.35. The fraction of sp³-hybridized carbons (Fsp3) is 0.333. The second-order valence-electron chi connectivity index (χ2n) is 6.00. The molecule has 0 saturated heterocycles. The van der Waals surface area contributed by atoms with Gasteiger partial charge in [0, 0.05) is 24.4 Å². The van der Waals surface area contributed by atoms with Crippen LogP contribution in [-0.2, 0) is 0 Å². The van der Waals surface area contributed by atoms with Crippen molar-refractivity contribution in [2.24, 2.45) is 0 Å². The van der Waals surface area contributed by atoms with Gasteiger partial charge < -0.3 is 19.9 Å². The maximum atomic E-state index is 12.6. The molecule has 0 spiro atoms. The maximum absolute atomic E-state index is 12.6. The van der Waals surface area contributed by atoms with E-state index in [2.05, 4.69) is 10.3 Å². The van der Waals surface area contributed by atoms with E-state index in [9.17, 15) is 9.90 Å². The van der Waals surface area contributed by atoms with Crippen molar-refractivity contribution < 1.29 is 19.4 Å². The SMILES string of the molecule is COc1ccc(C(=O)Nc2c(Cl)cncc2Cl)cc1OC1CCC(O)C1. The van der Waals surface area contributed by atoms with Gasteiger partial charge in [-0.25, -0.2) is 0 Å². The van der Waals surface area contributed by atoms with Gasteiger partial charge in [0.25, 0.3) is 5.91 Å². The number of pyridine rings is 1. The summed E-state index contributed by atoms with van der Waals surface area (Å²) >= 11 is 12.1. The minimum Gasteiger partial charge on any atom is -0.493 e. The maximum Gasteiger partial charge on any atom is 0.255 e. The molecule has 2 N–H and O–H groups in total. The molecule has 1 fully saturated rings. The number of hydrogen-bond donors (Lipinski definition) is 2. The topological polar surface area (TPSA) is 80.7 Å². The molecule has 1 saturated carbocycles. The van der Waals surface area contributed by atoms with Crippen molar-refractivity contribution in [2.75, 3.05) is 12.4 Å². The number of aromatic nitrogens is 1. The Kier molecular flexibility index (Phi) is 5.86. The highest BCUT2D eigenvalue weighted by Gasteiger charge is 2.25. The van der Waals surface area contributed by atoms with Crippen molar-refractivity contribution in [3.8, 4) is 11.5 Å². The molecule has 1 aliphatic rings. The van der Waals surface area contributed by atoms with Gasteiger partial charge in [-0.3, -0.25) is 9.78 Å². The number of nitrogens with zero attached hydrogens (tertiary/aromatic N) is 1. The summed E-state index contributed by atoms with van der Waals surface area (Å²) < 4.78 is 11.2. The Morgan fingerprint density at radius 3 is 2.58 bits per heavy atom. The monoisotopic (exact) mass is 396 g/mol. The van der Waals surface area contributed by atoms with Crippen molar-refractivity contribution in [3.05, 3.63) is 46.2 Å². The first kappa shape index (κ1) is 18.8. The van der Waals surface area contributed by atoms with E-state index in [0.29, 0.717) is 35.6 Å². The van der Waals surface area contributed by atoms with Crippen LogP contribution in [0.3, 0.4) is 0 Å². The highest BCUT2D eigenvalue weighted by Crippen LogP contribution is 2.34. The first-order chi connectivity index (χ1) is 12.5. The van der Waals surface area contributed by atoms with Gasteiger partial charge in [0.1, 0.15) is 6.10 Å². The number of nitrogens with one attached hydrogen (secondary N) is 1. The summed E-state index contributed by atoms with van der Waals surface area (Å²) in [5.41, 5.74) is 0.661. The van der Waals surface area contributed by atoms with E-state index in [-0.39, 0.29) is 28.2 Å². The van der Waals surface area contributed by atoms with Crippen LogP contribution in [0.4, 0.5) is 5.69 Å². The van der Waals surface area contributed by atoms with Crippen LogP contribution >= 0.6 is 23.2 Å². The van der Waals surface area contributed by atoms with E-state index in [1.54, 1.807) is 18.2 Å². The van der Waals surface area contributed by atoms with Crippen LogP contribution in [0.25, 0.3) is 0 Å². The zero-order chi connectivity index (χ0) is 18.7. The highest BCUT2D eigenvalue weighted by molar-refractivity contribution is 6.39. The number of ether oxygens (including phenoxy) is 2. The van der Waals surface area contributed by atoms with Gasteiger partial charge >= 0.3 is 0 Å².